The number of benzene rings is 1. The maximum absolute atomic E-state index is 12.5. The van der Waals surface area contributed by atoms with E-state index in [9.17, 15) is 9.59 Å². The highest BCUT2D eigenvalue weighted by atomic mass is 32.2. The molecule has 0 bridgehead atoms. The average Bonchev–Trinajstić information content (AvgIpc) is 2.66. The number of rotatable bonds is 0. The van der Waals surface area contributed by atoms with Gasteiger partial charge in [-0.05, 0) is 46.8 Å². The van der Waals surface area contributed by atoms with Crippen molar-refractivity contribution in [3.63, 3.8) is 0 Å². The first-order chi connectivity index (χ1) is 10.2. The third-order valence-corrected chi connectivity index (χ3v) is 5.95. The number of ketones is 1. The highest BCUT2D eigenvalue weighted by Crippen LogP contribution is 2.52. The van der Waals surface area contributed by atoms with Crippen molar-refractivity contribution in [1.82, 2.24) is 5.32 Å². The first-order valence-corrected chi connectivity index (χ1v) is 8.26. The summed E-state index contributed by atoms with van der Waals surface area (Å²) >= 11 is 2.86. The lowest BCUT2D eigenvalue weighted by atomic mass is 9.91. The summed E-state index contributed by atoms with van der Waals surface area (Å²) in [6.07, 6.45) is 4.11. The number of hydrogen-bond donors (Lipinski definition) is 1. The standard InChI is InChI=1S/C16H11NO2S2/c18-12-8-17-6-5-10-9-3-1-2-4-13(9)20-16-11(15(10)12)7-14(19)21-16/h1-6,17H,7-8H2. The quantitative estimate of drug-likeness (QED) is 0.797. The summed E-state index contributed by atoms with van der Waals surface area (Å²) in [7, 11) is 0. The van der Waals surface area contributed by atoms with Crippen LogP contribution in [0, 0.1) is 0 Å². The summed E-state index contributed by atoms with van der Waals surface area (Å²) in [5, 5.41) is 3.12. The number of allylic oxidation sites excluding steroid dienone is 3. The van der Waals surface area contributed by atoms with Crippen LogP contribution in [0.3, 0.4) is 0 Å². The molecule has 0 aromatic heterocycles. The number of nitrogens with one attached hydrogen (secondary N) is 1. The molecular weight excluding hydrogens is 302 g/mol. The molecule has 1 N–H and O–H groups in total. The molecule has 104 valence electrons. The number of hydrogen-bond acceptors (Lipinski definition) is 5. The third-order valence-electron chi connectivity index (χ3n) is 3.63. The average molecular weight is 313 g/mol. The van der Waals surface area contributed by atoms with E-state index in [4.69, 9.17) is 0 Å². The minimum absolute atomic E-state index is 0.0510. The minimum atomic E-state index is 0.0510. The van der Waals surface area contributed by atoms with E-state index in [-0.39, 0.29) is 17.4 Å². The zero-order valence-electron chi connectivity index (χ0n) is 11.0. The third kappa shape index (κ3) is 2.08. The molecule has 0 fully saturated rings. The van der Waals surface area contributed by atoms with E-state index in [0.29, 0.717) is 12.0 Å². The SMILES string of the molecule is O=C1CC2=C(S1)Sc1ccccc1C1=C2C(=O)CNC=C1. The molecule has 3 nitrogen and oxygen atoms in total. The number of thioether (sulfide) groups is 2. The summed E-state index contributed by atoms with van der Waals surface area (Å²) < 4.78 is 0.959. The fraction of sp³-hybridized carbons (Fsp3) is 0.125. The van der Waals surface area contributed by atoms with Crippen LogP contribution < -0.4 is 5.32 Å². The lowest BCUT2D eigenvalue weighted by molar-refractivity contribution is -0.114. The van der Waals surface area contributed by atoms with Gasteiger partial charge in [-0.15, -0.1) is 0 Å². The van der Waals surface area contributed by atoms with Crippen LogP contribution >= 0.6 is 23.5 Å². The number of carbonyl (C=O) groups is 2. The Balaban J connectivity index is 2.03. The Morgan fingerprint density at radius 3 is 2.86 bits per heavy atom. The predicted molar refractivity (Wildman–Crippen MR) is 85.6 cm³/mol. The number of fused-ring (bicyclic) bond motifs is 3. The van der Waals surface area contributed by atoms with Crippen molar-refractivity contribution in [3.8, 4) is 0 Å². The smallest absolute Gasteiger partial charge is 0.198 e. The Labute approximate surface area is 130 Å². The molecule has 1 aromatic carbocycles. The molecule has 5 heteroatoms. The van der Waals surface area contributed by atoms with Gasteiger partial charge in [-0.3, -0.25) is 9.59 Å². The second-order valence-corrected chi connectivity index (χ2v) is 7.32. The van der Waals surface area contributed by atoms with Gasteiger partial charge in [0, 0.05) is 16.9 Å². The van der Waals surface area contributed by atoms with Crippen molar-refractivity contribution >= 4 is 40.0 Å². The Morgan fingerprint density at radius 2 is 1.95 bits per heavy atom. The van der Waals surface area contributed by atoms with Crippen molar-refractivity contribution in [2.45, 2.75) is 11.3 Å². The highest BCUT2D eigenvalue weighted by Gasteiger charge is 2.34. The molecule has 0 unspecified atom stereocenters. The van der Waals surface area contributed by atoms with E-state index in [0.717, 1.165) is 25.8 Å². The second-order valence-electron chi connectivity index (χ2n) is 4.94. The van der Waals surface area contributed by atoms with Crippen LogP contribution in [0.1, 0.15) is 12.0 Å². The van der Waals surface area contributed by atoms with E-state index >= 15 is 0 Å². The molecule has 0 saturated heterocycles. The van der Waals surface area contributed by atoms with Gasteiger partial charge in [0.25, 0.3) is 0 Å². The summed E-state index contributed by atoms with van der Waals surface area (Å²) in [4.78, 5) is 25.5. The Bertz CT molecular complexity index is 774. The topological polar surface area (TPSA) is 46.2 Å². The molecule has 1 aromatic rings. The van der Waals surface area contributed by atoms with Crippen LogP contribution in [0.15, 0.2) is 56.8 Å². The second kappa shape index (κ2) is 4.93. The predicted octanol–water partition coefficient (Wildman–Crippen LogP) is 3.11. The lowest BCUT2D eigenvalue weighted by Crippen LogP contribution is -2.19. The van der Waals surface area contributed by atoms with Crippen molar-refractivity contribution in [2.75, 3.05) is 6.54 Å². The van der Waals surface area contributed by atoms with Crippen LogP contribution in [-0.2, 0) is 9.59 Å². The fourth-order valence-electron chi connectivity index (χ4n) is 2.74. The fourth-order valence-corrected chi connectivity index (χ4v) is 5.11. The highest BCUT2D eigenvalue weighted by molar-refractivity contribution is 8.30. The van der Waals surface area contributed by atoms with Gasteiger partial charge in [0.1, 0.15) is 0 Å². The molecule has 0 saturated carbocycles. The molecule has 0 radical (unpaired) electrons. The van der Waals surface area contributed by atoms with E-state index in [2.05, 4.69) is 5.32 Å². The molecule has 3 aliphatic heterocycles. The van der Waals surface area contributed by atoms with Crippen LogP contribution in [-0.4, -0.2) is 17.4 Å². The molecule has 21 heavy (non-hydrogen) atoms. The Hall–Kier alpha value is -1.72. The normalized spacial score (nSPS) is 20.6. The van der Waals surface area contributed by atoms with E-state index in [1.54, 1.807) is 11.8 Å². The van der Waals surface area contributed by atoms with Gasteiger partial charge in [-0.1, -0.05) is 30.0 Å². The van der Waals surface area contributed by atoms with Crippen LogP contribution in [0.5, 0.6) is 0 Å². The Morgan fingerprint density at radius 1 is 1.10 bits per heavy atom. The maximum atomic E-state index is 12.5. The molecule has 0 aliphatic carbocycles. The number of carbonyl (C=O) groups excluding carboxylic acids is 2. The first kappa shape index (κ1) is 13.0. The van der Waals surface area contributed by atoms with Crippen molar-refractivity contribution in [2.24, 2.45) is 0 Å². The Kier molecular flexibility index (Phi) is 3.05. The molecule has 4 rings (SSSR count). The summed E-state index contributed by atoms with van der Waals surface area (Å²) in [5.41, 5.74) is 3.60. The molecule has 0 amide bonds. The van der Waals surface area contributed by atoms with Crippen LogP contribution in [0.4, 0.5) is 0 Å². The van der Waals surface area contributed by atoms with E-state index in [1.165, 1.54) is 11.8 Å². The molecule has 0 atom stereocenters. The molecule has 0 spiro atoms. The van der Waals surface area contributed by atoms with Crippen LogP contribution in [0.25, 0.3) is 5.57 Å². The van der Waals surface area contributed by atoms with Crippen LogP contribution in [0.2, 0.25) is 0 Å². The molecular formula is C16H11NO2S2. The summed E-state index contributed by atoms with van der Waals surface area (Å²) in [6, 6.07) is 8.05. The summed E-state index contributed by atoms with van der Waals surface area (Å²) in [5.74, 6) is 0.0510. The number of Topliss-reactive ketones (excluding diaryl/α,β-unsaturated/α-hetero) is 1. The first-order valence-electron chi connectivity index (χ1n) is 6.63. The van der Waals surface area contributed by atoms with Gasteiger partial charge >= 0.3 is 0 Å². The van der Waals surface area contributed by atoms with Crippen molar-refractivity contribution in [1.29, 1.82) is 0 Å². The maximum Gasteiger partial charge on any atom is 0.198 e. The zero-order chi connectivity index (χ0) is 14.4. The van der Waals surface area contributed by atoms with Crippen molar-refractivity contribution in [3.05, 3.63) is 57.5 Å². The lowest BCUT2D eigenvalue weighted by Gasteiger charge is -2.10. The summed E-state index contributed by atoms with van der Waals surface area (Å²) in [6.45, 7) is 0.276. The monoisotopic (exact) mass is 313 g/mol. The molecule has 3 aliphatic rings. The molecule has 3 heterocycles. The van der Waals surface area contributed by atoms with Gasteiger partial charge in [-0.25, -0.2) is 0 Å². The van der Waals surface area contributed by atoms with E-state index < -0.39 is 0 Å². The van der Waals surface area contributed by atoms with Crippen molar-refractivity contribution < 1.29 is 9.59 Å². The zero-order valence-corrected chi connectivity index (χ0v) is 12.6. The van der Waals surface area contributed by atoms with Gasteiger partial charge in [0.05, 0.1) is 10.8 Å². The largest absolute Gasteiger partial charge is 0.383 e. The van der Waals surface area contributed by atoms with E-state index in [1.807, 2.05) is 36.5 Å². The van der Waals surface area contributed by atoms with Gasteiger partial charge in [0.2, 0.25) is 0 Å². The minimum Gasteiger partial charge on any atom is -0.383 e. The van der Waals surface area contributed by atoms with Gasteiger partial charge < -0.3 is 5.32 Å². The van der Waals surface area contributed by atoms with Gasteiger partial charge in [0.15, 0.2) is 10.9 Å². The van der Waals surface area contributed by atoms with Gasteiger partial charge in [-0.2, -0.15) is 0 Å².